The van der Waals surface area contributed by atoms with Crippen molar-refractivity contribution in [1.82, 2.24) is 9.78 Å². The van der Waals surface area contributed by atoms with E-state index in [1.54, 1.807) is 24.3 Å². The molecule has 0 atom stereocenters. The van der Waals surface area contributed by atoms with Gasteiger partial charge < -0.3 is 5.32 Å². The molecule has 0 bridgehead atoms. The molecule has 21 heavy (non-hydrogen) atoms. The van der Waals surface area contributed by atoms with Crippen LogP contribution in [-0.4, -0.2) is 21.6 Å². The van der Waals surface area contributed by atoms with Gasteiger partial charge in [0.2, 0.25) is 5.91 Å². The lowest BCUT2D eigenvalue weighted by molar-refractivity contribution is -0.141. The molecule has 1 heterocycles. The summed E-state index contributed by atoms with van der Waals surface area (Å²) in [5.41, 5.74) is 0.462. The average molecular weight is 318 g/mol. The van der Waals surface area contributed by atoms with Crippen LogP contribution in [0.4, 0.5) is 18.9 Å². The Morgan fingerprint density at radius 2 is 1.95 bits per heavy atom. The molecule has 0 fully saturated rings. The highest BCUT2D eigenvalue weighted by molar-refractivity contribution is 6.29. The lowest BCUT2D eigenvalue weighted by Crippen LogP contribution is -2.12. The molecule has 1 aromatic heterocycles. The van der Waals surface area contributed by atoms with E-state index < -0.39 is 11.9 Å². The molecule has 2 aromatic rings. The van der Waals surface area contributed by atoms with Crippen molar-refractivity contribution in [3.8, 4) is 11.3 Å². The van der Waals surface area contributed by atoms with E-state index in [2.05, 4.69) is 10.4 Å². The molecule has 1 amide bonds. The maximum atomic E-state index is 12.6. The van der Waals surface area contributed by atoms with Gasteiger partial charge in [-0.1, -0.05) is 12.1 Å². The summed E-state index contributed by atoms with van der Waals surface area (Å²) in [4.78, 5) is 11.1. The van der Waals surface area contributed by atoms with Crippen LogP contribution in [0.1, 0.15) is 5.69 Å². The molecule has 0 spiro atoms. The lowest BCUT2D eigenvalue weighted by Gasteiger charge is -2.05. The van der Waals surface area contributed by atoms with Gasteiger partial charge >= 0.3 is 6.18 Å². The number of nitrogens with zero attached hydrogens (tertiary/aromatic N) is 2. The predicted molar refractivity (Wildman–Crippen MR) is 73.0 cm³/mol. The van der Waals surface area contributed by atoms with E-state index in [0.29, 0.717) is 16.9 Å². The maximum Gasteiger partial charge on any atom is 0.435 e. The highest BCUT2D eigenvalue weighted by atomic mass is 35.5. The van der Waals surface area contributed by atoms with Crippen LogP contribution in [0, 0.1) is 0 Å². The summed E-state index contributed by atoms with van der Waals surface area (Å²) in [6.07, 6.45) is -4.48. The van der Waals surface area contributed by atoms with Gasteiger partial charge in [0.1, 0.15) is 5.88 Å². The first-order valence-corrected chi connectivity index (χ1v) is 6.42. The number of carbonyl (C=O) groups excluding carboxylic acids is 1. The number of rotatable bonds is 3. The molecule has 0 aliphatic rings. The normalized spacial score (nSPS) is 11.5. The Bertz CT molecular complexity index is 650. The van der Waals surface area contributed by atoms with Gasteiger partial charge in [-0.3, -0.25) is 9.48 Å². The molecule has 0 aliphatic carbocycles. The van der Waals surface area contributed by atoms with Crippen LogP contribution in [0.25, 0.3) is 11.3 Å². The van der Waals surface area contributed by atoms with Gasteiger partial charge in [-0.15, -0.1) is 11.6 Å². The molecule has 1 N–H and O–H groups in total. The molecule has 4 nitrogen and oxygen atoms in total. The number of halogens is 4. The zero-order valence-corrected chi connectivity index (χ0v) is 11.7. The Hall–Kier alpha value is -2.02. The predicted octanol–water partition coefficient (Wildman–Crippen LogP) is 3.28. The standard InChI is InChI=1S/C13H11ClF3N3O/c1-20-10(6-11(19-20)13(15,16)17)8-2-4-9(5-3-8)18-12(21)7-14/h2-6H,7H2,1H3,(H,18,21). The molecule has 112 valence electrons. The van der Waals surface area contributed by atoms with Crippen molar-refractivity contribution in [3.63, 3.8) is 0 Å². The van der Waals surface area contributed by atoms with Crippen molar-refractivity contribution in [2.75, 3.05) is 11.2 Å². The third kappa shape index (κ3) is 3.55. The maximum absolute atomic E-state index is 12.6. The molecule has 1 aromatic carbocycles. The molecule has 0 saturated carbocycles. The van der Waals surface area contributed by atoms with Crippen LogP contribution in [-0.2, 0) is 18.0 Å². The van der Waals surface area contributed by atoms with Crippen LogP contribution >= 0.6 is 11.6 Å². The highest BCUT2D eigenvalue weighted by Gasteiger charge is 2.34. The molecule has 0 saturated heterocycles. The van der Waals surface area contributed by atoms with E-state index in [1.165, 1.54) is 7.05 Å². The minimum absolute atomic E-state index is 0.168. The molecule has 0 radical (unpaired) electrons. The number of aromatic nitrogens is 2. The highest BCUT2D eigenvalue weighted by Crippen LogP contribution is 2.31. The quantitative estimate of drug-likeness (QED) is 0.883. The number of amides is 1. The van der Waals surface area contributed by atoms with Gasteiger partial charge in [0.05, 0.1) is 5.69 Å². The summed E-state index contributed by atoms with van der Waals surface area (Å²) in [6.45, 7) is 0. The summed E-state index contributed by atoms with van der Waals surface area (Å²) >= 11 is 5.37. The van der Waals surface area contributed by atoms with Crippen molar-refractivity contribution in [2.45, 2.75) is 6.18 Å². The number of aryl methyl sites for hydroxylation is 1. The van der Waals surface area contributed by atoms with Gasteiger partial charge in [-0.25, -0.2) is 0 Å². The van der Waals surface area contributed by atoms with E-state index >= 15 is 0 Å². The lowest BCUT2D eigenvalue weighted by atomic mass is 10.1. The summed E-state index contributed by atoms with van der Waals surface area (Å²) in [5, 5.41) is 5.99. The van der Waals surface area contributed by atoms with Gasteiger partial charge in [0.25, 0.3) is 0 Å². The second-order valence-corrected chi connectivity index (χ2v) is 4.56. The summed E-state index contributed by atoms with van der Waals surface area (Å²) in [5.74, 6) is -0.525. The van der Waals surface area contributed by atoms with Crippen molar-refractivity contribution in [2.24, 2.45) is 7.05 Å². The number of benzene rings is 1. The smallest absolute Gasteiger partial charge is 0.325 e. The minimum Gasteiger partial charge on any atom is -0.325 e. The Balaban J connectivity index is 2.27. The van der Waals surface area contributed by atoms with Crippen LogP contribution in [0.5, 0.6) is 0 Å². The van der Waals surface area contributed by atoms with Crippen molar-refractivity contribution < 1.29 is 18.0 Å². The van der Waals surface area contributed by atoms with Crippen molar-refractivity contribution >= 4 is 23.2 Å². The van der Waals surface area contributed by atoms with Crippen LogP contribution in [0.3, 0.4) is 0 Å². The van der Waals surface area contributed by atoms with Crippen molar-refractivity contribution in [3.05, 3.63) is 36.0 Å². The van der Waals surface area contributed by atoms with Gasteiger partial charge in [0.15, 0.2) is 5.69 Å². The topological polar surface area (TPSA) is 46.9 Å². The molecule has 8 heteroatoms. The van der Waals surface area contributed by atoms with Crippen molar-refractivity contribution in [1.29, 1.82) is 0 Å². The van der Waals surface area contributed by atoms with E-state index in [0.717, 1.165) is 10.7 Å². The Morgan fingerprint density at radius 3 is 2.43 bits per heavy atom. The monoisotopic (exact) mass is 317 g/mol. The summed E-state index contributed by atoms with van der Waals surface area (Å²) in [7, 11) is 1.44. The molecule has 2 rings (SSSR count). The zero-order chi connectivity index (χ0) is 15.6. The third-order valence-corrected chi connectivity index (χ3v) is 3.00. The number of hydrogen-bond acceptors (Lipinski definition) is 2. The number of anilines is 1. The Labute approximate surface area is 123 Å². The number of nitrogens with one attached hydrogen (secondary N) is 1. The fourth-order valence-corrected chi connectivity index (χ4v) is 1.86. The number of hydrogen-bond donors (Lipinski definition) is 1. The third-order valence-electron chi connectivity index (χ3n) is 2.76. The minimum atomic E-state index is -4.48. The molecule has 0 unspecified atom stereocenters. The Kier molecular flexibility index (Phi) is 4.22. The van der Waals surface area contributed by atoms with Crippen LogP contribution < -0.4 is 5.32 Å². The molecular weight excluding hydrogens is 307 g/mol. The largest absolute Gasteiger partial charge is 0.435 e. The first-order chi connectivity index (χ1) is 9.81. The average Bonchev–Trinajstić information content (AvgIpc) is 2.81. The van der Waals surface area contributed by atoms with Crippen LogP contribution in [0.2, 0.25) is 0 Å². The fourth-order valence-electron chi connectivity index (χ4n) is 1.79. The summed E-state index contributed by atoms with van der Waals surface area (Å²) < 4.78 is 39.0. The second-order valence-electron chi connectivity index (χ2n) is 4.30. The zero-order valence-electron chi connectivity index (χ0n) is 10.9. The first kappa shape index (κ1) is 15.4. The van der Waals surface area contributed by atoms with E-state index in [4.69, 9.17) is 11.6 Å². The van der Waals surface area contributed by atoms with Gasteiger partial charge in [-0.05, 0) is 23.8 Å². The first-order valence-electron chi connectivity index (χ1n) is 5.89. The van der Waals surface area contributed by atoms with Gasteiger partial charge in [0, 0.05) is 12.7 Å². The summed E-state index contributed by atoms with van der Waals surface area (Å²) in [6, 6.07) is 7.34. The fraction of sp³-hybridized carbons (Fsp3) is 0.231. The number of alkyl halides is 4. The molecule has 0 aliphatic heterocycles. The van der Waals surface area contributed by atoms with Crippen LogP contribution in [0.15, 0.2) is 30.3 Å². The Morgan fingerprint density at radius 1 is 1.33 bits per heavy atom. The molecular formula is C13H11ClF3N3O. The SMILES string of the molecule is Cn1nc(C(F)(F)F)cc1-c1ccc(NC(=O)CCl)cc1. The van der Waals surface area contributed by atoms with E-state index in [-0.39, 0.29) is 11.8 Å². The number of carbonyl (C=O) groups is 1. The second kappa shape index (κ2) is 5.77. The van der Waals surface area contributed by atoms with Gasteiger partial charge in [-0.2, -0.15) is 18.3 Å². The van der Waals surface area contributed by atoms with E-state index in [1.807, 2.05) is 0 Å². The van der Waals surface area contributed by atoms with E-state index in [9.17, 15) is 18.0 Å².